The predicted octanol–water partition coefficient (Wildman–Crippen LogP) is 2.98. The highest BCUT2D eigenvalue weighted by atomic mass is 16.6. The molecule has 90 valence electrons. The average Bonchev–Trinajstić information content (AvgIpc) is 2.25. The van der Waals surface area contributed by atoms with Crippen LogP contribution in [0.1, 0.15) is 13.8 Å². The normalized spacial score (nSPS) is 12.0. The summed E-state index contributed by atoms with van der Waals surface area (Å²) >= 11 is 0. The minimum absolute atomic E-state index is 0.216. The lowest BCUT2D eigenvalue weighted by Gasteiger charge is -1.93. The maximum absolute atomic E-state index is 11.4. The van der Waals surface area contributed by atoms with Crippen molar-refractivity contribution in [3.05, 3.63) is 70.5 Å². The second-order valence-electron chi connectivity index (χ2n) is 3.36. The number of ketones is 1. The van der Waals surface area contributed by atoms with Crippen LogP contribution in [0.15, 0.2) is 60.4 Å². The van der Waals surface area contributed by atoms with Gasteiger partial charge in [-0.3, -0.25) is 14.9 Å². The average molecular weight is 233 g/mol. The second-order valence-corrected chi connectivity index (χ2v) is 3.36. The minimum atomic E-state index is -0.585. The lowest BCUT2D eigenvalue weighted by molar-refractivity contribution is -0.418. The number of nitrogens with zero attached hydrogens (tertiary/aromatic N) is 1. The first-order chi connectivity index (χ1) is 7.88. The molecule has 0 heterocycles. The molecule has 0 radical (unpaired) electrons. The van der Waals surface area contributed by atoms with Crippen molar-refractivity contribution in [2.75, 3.05) is 0 Å². The van der Waals surface area contributed by atoms with Crippen LogP contribution in [-0.4, -0.2) is 10.7 Å². The Balaban J connectivity index is 4.64. The molecule has 0 spiro atoms. The molecule has 0 unspecified atom stereocenters. The number of carbonyl (C=O) groups is 1. The molecular formula is C13H15NO3. The molecule has 0 N–H and O–H groups in total. The molecule has 4 heteroatoms. The summed E-state index contributed by atoms with van der Waals surface area (Å²) in [6.07, 6.45) is 7.42. The van der Waals surface area contributed by atoms with Crippen molar-refractivity contribution < 1.29 is 9.72 Å². The first kappa shape index (κ1) is 14.8. The minimum Gasteiger partial charge on any atom is -0.289 e. The number of hydrogen-bond acceptors (Lipinski definition) is 3. The smallest absolute Gasteiger partial charge is 0.262 e. The highest BCUT2D eigenvalue weighted by molar-refractivity contribution is 6.05. The van der Waals surface area contributed by atoms with Crippen LogP contribution in [0.3, 0.4) is 0 Å². The van der Waals surface area contributed by atoms with Gasteiger partial charge in [-0.15, -0.1) is 0 Å². The summed E-state index contributed by atoms with van der Waals surface area (Å²) in [5.41, 5.74) is 0.727. The molecule has 0 saturated heterocycles. The fraction of sp³-hybridized carbons (Fsp3) is 0.154. The molecule has 17 heavy (non-hydrogen) atoms. The zero-order valence-electron chi connectivity index (χ0n) is 9.97. The van der Waals surface area contributed by atoms with Gasteiger partial charge < -0.3 is 0 Å². The molecule has 0 aromatic heterocycles. The van der Waals surface area contributed by atoms with Gasteiger partial charge in [0.1, 0.15) is 0 Å². The maximum atomic E-state index is 11.4. The zero-order valence-corrected chi connectivity index (χ0v) is 9.97. The van der Waals surface area contributed by atoms with Crippen molar-refractivity contribution >= 4 is 5.78 Å². The van der Waals surface area contributed by atoms with Crippen LogP contribution >= 0.6 is 0 Å². The number of nitro groups is 1. The van der Waals surface area contributed by atoms with E-state index in [0.29, 0.717) is 11.1 Å². The third kappa shape index (κ3) is 6.04. The van der Waals surface area contributed by atoms with Crippen molar-refractivity contribution in [1.82, 2.24) is 0 Å². The fourth-order valence-electron chi connectivity index (χ4n) is 0.961. The Bertz CT molecular complexity index is 440. The molecule has 0 amide bonds. The van der Waals surface area contributed by atoms with E-state index in [2.05, 4.69) is 13.2 Å². The van der Waals surface area contributed by atoms with E-state index in [1.165, 1.54) is 18.2 Å². The third-order valence-electron chi connectivity index (χ3n) is 1.81. The largest absolute Gasteiger partial charge is 0.289 e. The number of allylic oxidation sites excluding steroid dienone is 7. The summed E-state index contributed by atoms with van der Waals surface area (Å²) in [6, 6.07) is 0. The van der Waals surface area contributed by atoms with Crippen molar-refractivity contribution in [3.8, 4) is 0 Å². The van der Waals surface area contributed by atoms with Gasteiger partial charge in [-0.05, 0) is 32.1 Å². The van der Waals surface area contributed by atoms with E-state index in [1.54, 1.807) is 26.0 Å². The Labute approximate surface area is 100 Å². The van der Waals surface area contributed by atoms with Gasteiger partial charge in [0.25, 0.3) is 5.70 Å². The Hall–Kier alpha value is -2.23. The van der Waals surface area contributed by atoms with Gasteiger partial charge in [0.15, 0.2) is 5.78 Å². The first-order valence-electron chi connectivity index (χ1n) is 4.94. The van der Waals surface area contributed by atoms with E-state index in [4.69, 9.17) is 0 Å². The summed E-state index contributed by atoms with van der Waals surface area (Å²) in [6.45, 7) is 10.3. The molecule has 0 atom stereocenters. The van der Waals surface area contributed by atoms with Gasteiger partial charge >= 0.3 is 0 Å². The highest BCUT2D eigenvalue weighted by Crippen LogP contribution is 2.04. The number of carbonyl (C=O) groups excluding carboxylic acids is 1. The Kier molecular flexibility index (Phi) is 6.18. The van der Waals surface area contributed by atoms with Gasteiger partial charge in [0.05, 0.1) is 4.92 Å². The van der Waals surface area contributed by atoms with Gasteiger partial charge in [0, 0.05) is 11.6 Å². The molecule has 0 saturated carbocycles. The topological polar surface area (TPSA) is 60.2 Å². The van der Waals surface area contributed by atoms with Gasteiger partial charge in [-0.25, -0.2) is 0 Å². The highest BCUT2D eigenvalue weighted by Gasteiger charge is 2.02. The summed E-state index contributed by atoms with van der Waals surface area (Å²) in [4.78, 5) is 21.2. The lowest BCUT2D eigenvalue weighted by atomic mass is 10.1. The second kappa shape index (κ2) is 7.11. The summed E-state index contributed by atoms with van der Waals surface area (Å²) < 4.78 is 0. The number of hydrogen-bond donors (Lipinski definition) is 0. The Morgan fingerprint density at radius 2 is 1.82 bits per heavy atom. The molecule has 0 aliphatic carbocycles. The monoisotopic (exact) mass is 233 g/mol. The van der Waals surface area contributed by atoms with Gasteiger partial charge in [-0.2, -0.15) is 0 Å². The van der Waals surface area contributed by atoms with E-state index < -0.39 is 4.92 Å². The van der Waals surface area contributed by atoms with Gasteiger partial charge in [-0.1, -0.05) is 24.8 Å². The molecule has 0 aliphatic heterocycles. The van der Waals surface area contributed by atoms with E-state index in [-0.39, 0.29) is 11.5 Å². The number of rotatable bonds is 6. The Morgan fingerprint density at radius 1 is 1.24 bits per heavy atom. The standard InChI is InChI=1S/C13H15NO3/c1-5-6-11(3)13(15)8-7-10(2)9-12(4)14(16)17/h5-9H,3-4H2,1-2H3/b6-5-,8-7+,10-9+. The van der Waals surface area contributed by atoms with Crippen LogP contribution in [0.5, 0.6) is 0 Å². The van der Waals surface area contributed by atoms with Crippen LogP contribution < -0.4 is 0 Å². The third-order valence-corrected chi connectivity index (χ3v) is 1.81. The lowest BCUT2D eigenvalue weighted by Crippen LogP contribution is -1.95. The molecule has 0 aliphatic rings. The zero-order chi connectivity index (χ0) is 13.4. The SMILES string of the molecule is C=C(/C=C\C)C(=O)/C=C/C(C)=C/C(=C)[N+](=O)[O-]. The Morgan fingerprint density at radius 3 is 2.29 bits per heavy atom. The van der Waals surface area contributed by atoms with Crippen LogP contribution in [0.2, 0.25) is 0 Å². The molecule has 0 bridgehead atoms. The molecule has 0 rings (SSSR count). The van der Waals surface area contributed by atoms with Crippen LogP contribution in [-0.2, 0) is 4.79 Å². The van der Waals surface area contributed by atoms with Crippen molar-refractivity contribution in [1.29, 1.82) is 0 Å². The summed E-state index contributed by atoms with van der Waals surface area (Å²) in [7, 11) is 0. The predicted molar refractivity (Wildman–Crippen MR) is 68.0 cm³/mol. The van der Waals surface area contributed by atoms with E-state index >= 15 is 0 Å². The molecule has 0 aromatic rings. The molecule has 0 fully saturated rings. The maximum Gasteiger partial charge on any atom is 0.262 e. The quantitative estimate of drug-likeness (QED) is 0.306. The van der Waals surface area contributed by atoms with Crippen LogP contribution in [0.4, 0.5) is 0 Å². The molecular weight excluding hydrogens is 218 g/mol. The summed E-state index contributed by atoms with van der Waals surface area (Å²) in [5, 5.41) is 10.3. The van der Waals surface area contributed by atoms with Crippen molar-refractivity contribution in [2.45, 2.75) is 13.8 Å². The van der Waals surface area contributed by atoms with Crippen molar-refractivity contribution in [2.24, 2.45) is 0 Å². The van der Waals surface area contributed by atoms with Crippen LogP contribution in [0, 0.1) is 10.1 Å². The van der Waals surface area contributed by atoms with E-state index in [9.17, 15) is 14.9 Å². The summed E-state index contributed by atoms with van der Waals surface area (Å²) in [5.74, 6) is -0.234. The van der Waals surface area contributed by atoms with Crippen LogP contribution in [0.25, 0.3) is 0 Å². The van der Waals surface area contributed by atoms with Gasteiger partial charge in [0.2, 0.25) is 0 Å². The van der Waals surface area contributed by atoms with Crippen molar-refractivity contribution in [3.63, 3.8) is 0 Å². The molecule has 4 nitrogen and oxygen atoms in total. The first-order valence-corrected chi connectivity index (χ1v) is 4.94. The van der Waals surface area contributed by atoms with E-state index in [0.717, 1.165) is 0 Å². The molecule has 0 aromatic carbocycles. The van der Waals surface area contributed by atoms with E-state index in [1.807, 2.05) is 0 Å². The fourth-order valence-corrected chi connectivity index (χ4v) is 0.961.